The largest absolute Gasteiger partial charge is 0.394 e. The summed E-state index contributed by atoms with van der Waals surface area (Å²) < 4.78 is 16.9. The molecule has 10 atom stereocenters. The molecule has 0 radical (unpaired) electrons. The number of ether oxygens (including phenoxy) is 3. The van der Waals surface area contributed by atoms with Crippen molar-refractivity contribution in [3.63, 3.8) is 0 Å². The van der Waals surface area contributed by atoms with E-state index in [1.165, 1.54) is 27.7 Å². The average Bonchev–Trinajstić information content (AvgIpc) is 2.84. The number of hydrogen-bond donors (Lipinski definition) is 8. The van der Waals surface area contributed by atoms with Crippen LogP contribution < -0.4 is 0 Å². The normalized spacial score (nSPS) is 57.1. The minimum absolute atomic E-state index is 0.699. The molecular weight excluding hydrogens is 392 g/mol. The highest BCUT2D eigenvalue weighted by Gasteiger charge is 2.77. The van der Waals surface area contributed by atoms with Crippen LogP contribution in [0.15, 0.2) is 0 Å². The van der Waals surface area contributed by atoms with Crippen LogP contribution in [0.2, 0.25) is 0 Å². The minimum Gasteiger partial charge on any atom is -0.394 e. The summed E-state index contributed by atoms with van der Waals surface area (Å²) in [7, 11) is 0. The molecule has 11 nitrogen and oxygen atoms in total. The summed E-state index contributed by atoms with van der Waals surface area (Å²) >= 11 is 0. The van der Waals surface area contributed by atoms with Gasteiger partial charge in [0.1, 0.15) is 47.3 Å². The molecule has 0 saturated carbocycles. The number of rotatable bonds is 5. The number of aliphatic hydroxyl groups excluding tert-OH is 5. The summed E-state index contributed by atoms with van der Waals surface area (Å²) in [5.41, 5.74) is -8.85. The van der Waals surface area contributed by atoms with E-state index in [1.54, 1.807) is 0 Å². The topological polar surface area (TPSA) is 190 Å². The van der Waals surface area contributed by atoms with Crippen molar-refractivity contribution in [2.45, 2.75) is 99.9 Å². The fraction of sp³-hybridized carbons (Fsp3) is 1.00. The van der Waals surface area contributed by atoms with Crippen LogP contribution in [0.1, 0.15) is 41.5 Å². The third-order valence-corrected chi connectivity index (χ3v) is 7.22. The first-order valence-electron chi connectivity index (χ1n) is 9.42. The van der Waals surface area contributed by atoms with Crippen LogP contribution in [0.25, 0.3) is 0 Å². The fourth-order valence-corrected chi connectivity index (χ4v) is 4.20. The Kier molecular flexibility index (Phi) is 6.02. The second kappa shape index (κ2) is 7.04. The molecule has 0 bridgehead atoms. The van der Waals surface area contributed by atoms with Gasteiger partial charge in [-0.25, -0.2) is 0 Å². The van der Waals surface area contributed by atoms with Crippen molar-refractivity contribution >= 4 is 0 Å². The average molecular weight is 426 g/mol. The minimum atomic E-state index is -2.40. The van der Waals surface area contributed by atoms with Crippen molar-refractivity contribution in [1.82, 2.24) is 0 Å². The maximum Gasteiger partial charge on any atom is 0.224 e. The maximum atomic E-state index is 11.2. The predicted octanol–water partition coefficient (Wildman–Crippen LogP) is -3.06. The molecule has 2 saturated heterocycles. The van der Waals surface area contributed by atoms with Gasteiger partial charge in [0, 0.05) is 0 Å². The number of aliphatic hydroxyl groups is 8. The predicted molar refractivity (Wildman–Crippen MR) is 96.3 cm³/mol. The van der Waals surface area contributed by atoms with Gasteiger partial charge < -0.3 is 55.1 Å². The first kappa shape index (κ1) is 24.8. The summed E-state index contributed by atoms with van der Waals surface area (Å²) in [5, 5.41) is 83.6. The van der Waals surface area contributed by atoms with Gasteiger partial charge in [-0.05, 0) is 41.5 Å². The van der Waals surface area contributed by atoms with E-state index in [4.69, 9.17) is 14.2 Å². The SMILES string of the molecule is CC(O)[C@@]1(C)O[C@@](C)(OC2(CO)O[C@H](CO)[C@@H](O)[C@@H]2O)[C@](C)(O)[C@@](C)(O)[C@]1(C)O. The van der Waals surface area contributed by atoms with Gasteiger partial charge in [0.05, 0.1) is 12.7 Å². The Bertz CT molecular complexity index is 614. The second-order valence-electron chi connectivity index (χ2n) is 8.89. The molecule has 2 fully saturated rings. The zero-order chi connectivity index (χ0) is 22.8. The van der Waals surface area contributed by atoms with Crippen LogP contribution in [0.5, 0.6) is 0 Å². The molecule has 2 rings (SSSR count). The van der Waals surface area contributed by atoms with E-state index >= 15 is 0 Å². The quantitative estimate of drug-likeness (QED) is 0.223. The van der Waals surface area contributed by atoms with Gasteiger partial charge in [-0.2, -0.15) is 0 Å². The van der Waals surface area contributed by atoms with Crippen molar-refractivity contribution in [3.05, 3.63) is 0 Å². The van der Waals surface area contributed by atoms with E-state index < -0.39 is 71.6 Å². The van der Waals surface area contributed by atoms with E-state index in [1.807, 2.05) is 0 Å². The highest BCUT2D eigenvalue weighted by molar-refractivity contribution is 5.23. The standard InChI is InChI=1S/C18H34O11/c1-9(21)13(2)14(3,24)15(4,25)16(5,26)17(6,28-13)29-18(8-20)12(23)11(22)10(7-19)27-18/h9-12,19-26H,7-8H2,1-6H3/t9?,10-,11-,12+,13-,14-,15+,16-,17+,18?/m1/s1. The van der Waals surface area contributed by atoms with Crippen LogP contribution in [0, 0.1) is 0 Å². The summed E-state index contributed by atoms with van der Waals surface area (Å²) in [6.45, 7) is 5.47. The van der Waals surface area contributed by atoms with Crippen LogP contribution in [0.4, 0.5) is 0 Å². The molecule has 29 heavy (non-hydrogen) atoms. The molecule has 2 unspecified atom stereocenters. The van der Waals surface area contributed by atoms with Crippen LogP contribution in [0.3, 0.4) is 0 Å². The summed E-state index contributed by atoms with van der Waals surface area (Å²) in [4.78, 5) is 0. The van der Waals surface area contributed by atoms with Gasteiger partial charge in [0.15, 0.2) is 0 Å². The van der Waals surface area contributed by atoms with Crippen molar-refractivity contribution in [2.75, 3.05) is 13.2 Å². The molecule has 0 aliphatic carbocycles. The first-order chi connectivity index (χ1) is 12.9. The van der Waals surface area contributed by atoms with Crippen molar-refractivity contribution in [1.29, 1.82) is 0 Å². The molecule has 8 N–H and O–H groups in total. The van der Waals surface area contributed by atoms with E-state index in [9.17, 15) is 40.9 Å². The van der Waals surface area contributed by atoms with Crippen LogP contribution in [-0.4, -0.2) is 112 Å². The lowest BCUT2D eigenvalue weighted by molar-refractivity contribution is -0.497. The van der Waals surface area contributed by atoms with Crippen molar-refractivity contribution < 1.29 is 55.1 Å². The monoisotopic (exact) mass is 426 g/mol. The van der Waals surface area contributed by atoms with Gasteiger partial charge in [-0.15, -0.1) is 0 Å². The Morgan fingerprint density at radius 3 is 1.83 bits per heavy atom. The Morgan fingerprint density at radius 2 is 1.45 bits per heavy atom. The molecule has 2 heterocycles. The van der Waals surface area contributed by atoms with Gasteiger partial charge >= 0.3 is 0 Å². The van der Waals surface area contributed by atoms with Crippen molar-refractivity contribution in [3.8, 4) is 0 Å². The zero-order valence-corrected chi connectivity index (χ0v) is 17.5. The third-order valence-electron chi connectivity index (χ3n) is 7.22. The summed E-state index contributed by atoms with van der Waals surface area (Å²) in [6.07, 6.45) is -6.17. The molecule has 172 valence electrons. The summed E-state index contributed by atoms with van der Waals surface area (Å²) in [5.74, 6) is -4.64. The molecule has 0 spiro atoms. The molecule has 2 aliphatic rings. The smallest absolute Gasteiger partial charge is 0.224 e. The molecule has 0 aromatic rings. The lowest BCUT2D eigenvalue weighted by Gasteiger charge is -2.66. The van der Waals surface area contributed by atoms with E-state index in [-0.39, 0.29) is 0 Å². The summed E-state index contributed by atoms with van der Waals surface area (Å²) in [6, 6.07) is 0. The van der Waals surface area contributed by atoms with Crippen LogP contribution >= 0.6 is 0 Å². The highest BCUT2D eigenvalue weighted by atomic mass is 16.8. The van der Waals surface area contributed by atoms with Crippen molar-refractivity contribution in [2.24, 2.45) is 0 Å². The lowest BCUT2D eigenvalue weighted by atomic mass is 9.59. The van der Waals surface area contributed by atoms with E-state index in [2.05, 4.69) is 0 Å². The van der Waals surface area contributed by atoms with Gasteiger partial charge in [-0.3, -0.25) is 0 Å². The lowest BCUT2D eigenvalue weighted by Crippen LogP contribution is -2.86. The van der Waals surface area contributed by atoms with Gasteiger partial charge in [-0.1, -0.05) is 0 Å². The molecule has 11 heteroatoms. The molecule has 0 aromatic carbocycles. The Balaban J connectivity index is 2.61. The Morgan fingerprint density at radius 1 is 0.931 bits per heavy atom. The van der Waals surface area contributed by atoms with Gasteiger partial charge in [0.25, 0.3) is 0 Å². The Hall–Kier alpha value is -0.440. The van der Waals surface area contributed by atoms with E-state index in [0.29, 0.717) is 0 Å². The maximum absolute atomic E-state index is 11.2. The van der Waals surface area contributed by atoms with Crippen LogP contribution in [-0.2, 0) is 14.2 Å². The van der Waals surface area contributed by atoms with Gasteiger partial charge in [0.2, 0.25) is 11.6 Å². The van der Waals surface area contributed by atoms with E-state index in [0.717, 1.165) is 13.8 Å². The number of hydrogen-bond acceptors (Lipinski definition) is 11. The zero-order valence-electron chi connectivity index (χ0n) is 17.5. The Labute approximate surface area is 169 Å². The fourth-order valence-electron chi connectivity index (χ4n) is 4.20. The first-order valence-corrected chi connectivity index (χ1v) is 9.42. The molecule has 0 amide bonds. The molecule has 0 aromatic heterocycles. The third kappa shape index (κ3) is 2.99. The second-order valence-corrected chi connectivity index (χ2v) is 8.89. The highest BCUT2D eigenvalue weighted by Crippen LogP contribution is 2.56. The molecule has 2 aliphatic heterocycles. The molecular formula is C18H34O11.